The van der Waals surface area contributed by atoms with Crippen LogP contribution in [0, 0.1) is 6.92 Å². The van der Waals surface area contributed by atoms with E-state index in [0.29, 0.717) is 13.0 Å². The Morgan fingerprint density at radius 2 is 1.78 bits per heavy atom. The summed E-state index contributed by atoms with van der Waals surface area (Å²) < 4.78 is 0. The monoisotopic (exact) mass is 248 g/mol. The van der Waals surface area contributed by atoms with Gasteiger partial charge in [-0.2, -0.15) is 0 Å². The second-order valence-corrected chi connectivity index (χ2v) is 4.55. The normalized spacial score (nSPS) is 12.2. The van der Waals surface area contributed by atoms with Crippen LogP contribution in [0.1, 0.15) is 37.3 Å². The van der Waals surface area contributed by atoms with Gasteiger partial charge >= 0.3 is 0 Å². The first-order valence-corrected chi connectivity index (χ1v) is 6.69. The molecule has 0 aromatic heterocycles. The van der Waals surface area contributed by atoms with Crippen molar-refractivity contribution in [2.75, 3.05) is 19.6 Å². The molecule has 3 heteroatoms. The number of hydrogen-bond donors (Lipinski definition) is 1. The van der Waals surface area contributed by atoms with Crippen LogP contribution in [0.4, 0.5) is 0 Å². The van der Waals surface area contributed by atoms with E-state index in [1.165, 1.54) is 5.56 Å². The number of benzene rings is 1. The molecule has 0 radical (unpaired) electrons. The van der Waals surface area contributed by atoms with Crippen LogP contribution in [-0.4, -0.2) is 30.4 Å². The molecule has 0 aliphatic carbocycles. The predicted octanol–water partition coefficient (Wildman–Crippen LogP) is 2.30. The molecule has 0 bridgehead atoms. The quantitative estimate of drug-likeness (QED) is 0.839. The standard InChI is InChI=1S/C15H24N2O/c1-4-17(5-2)15(18)14(10-11-16)13-8-6-12(3)7-9-13/h6-9,14H,4-5,10-11,16H2,1-3H3. The zero-order valence-corrected chi connectivity index (χ0v) is 11.6. The van der Waals surface area contributed by atoms with Crippen molar-refractivity contribution in [3.63, 3.8) is 0 Å². The maximum Gasteiger partial charge on any atom is 0.230 e. The van der Waals surface area contributed by atoms with Crippen LogP contribution in [0.2, 0.25) is 0 Å². The molecule has 1 atom stereocenters. The fourth-order valence-corrected chi connectivity index (χ4v) is 2.15. The summed E-state index contributed by atoms with van der Waals surface area (Å²) in [7, 11) is 0. The van der Waals surface area contributed by atoms with Crippen molar-refractivity contribution in [1.82, 2.24) is 4.90 Å². The van der Waals surface area contributed by atoms with Crippen LogP contribution < -0.4 is 5.73 Å². The molecule has 0 aliphatic rings. The maximum absolute atomic E-state index is 12.5. The van der Waals surface area contributed by atoms with E-state index in [-0.39, 0.29) is 11.8 Å². The highest BCUT2D eigenvalue weighted by atomic mass is 16.2. The van der Waals surface area contributed by atoms with E-state index in [1.54, 1.807) is 0 Å². The first-order chi connectivity index (χ1) is 8.63. The maximum atomic E-state index is 12.5. The van der Waals surface area contributed by atoms with Gasteiger partial charge in [0, 0.05) is 13.1 Å². The first-order valence-electron chi connectivity index (χ1n) is 6.69. The molecule has 0 fully saturated rings. The summed E-state index contributed by atoms with van der Waals surface area (Å²) in [5.41, 5.74) is 7.93. The molecular formula is C15H24N2O. The number of carbonyl (C=O) groups is 1. The zero-order valence-electron chi connectivity index (χ0n) is 11.6. The van der Waals surface area contributed by atoms with Gasteiger partial charge in [0.15, 0.2) is 0 Å². The number of nitrogens with zero attached hydrogens (tertiary/aromatic N) is 1. The van der Waals surface area contributed by atoms with Gasteiger partial charge < -0.3 is 10.6 Å². The van der Waals surface area contributed by atoms with Crippen LogP contribution in [0.5, 0.6) is 0 Å². The van der Waals surface area contributed by atoms with Crippen molar-refractivity contribution in [3.05, 3.63) is 35.4 Å². The SMILES string of the molecule is CCN(CC)C(=O)C(CCN)c1ccc(C)cc1. The smallest absolute Gasteiger partial charge is 0.230 e. The average Bonchev–Trinajstić information content (AvgIpc) is 2.38. The van der Waals surface area contributed by atoms with Gasteiger partial charge in [-0.05, 0) is 39.3 Å². The lowest BCUT2D eigenvalue weighted by molar-refractivity contribution is -0.132. The van der Waals surface area contributed by atoms with Crippen LogP contribution in [0.3, 0.4) is 0 Å². The van der Waals surface area contributed by atoms with Gasteiger partial charge in [-0.25, -0.2) is 0 Å². The van der Waals surface area contributed by atoms with E-state index >= 15 is 0 Å². The summed E-state index contributed by atoms with van der Waals surface area (Å²) in [6.07, 6.45) is 0.707. The van der Waals surface area contributed by atoms with E-state index < -0.39 is 0 Å². The molecule has 1 aromatic rings. The van der Waals surface area contributed by atoms with E-state index in [4.69, 9.17) is 5.73 Å². The van der Waals surface area contributed by atoms with Gasteiger partial charge in [0.1, 0.15) is 0 Å². The van der Waals surface area contributed by atoms with Crippen molar-refractivity contribution in [1.29, 1.82) is 0 Å². The third kappa shape index (κ3) is 3.57. The van der Waals surface area contributed by atoms with Crippen molar-refractivity contribution < 1.29 is 4.79 Å². The lowest BCUT2D eigenvalue weighted by Crippen LogP contribution is -2.35. The van der Waals surface area contributed by atoms with Crippen molar-refractivity contribution in [2.24, 2.45) is 5.73 Å². The van der Waals surface area contributed by atoms with Crippen molar-refractivity contribution in [2.45, 2.75) is 33.1 Å². The number of amides is 1. The van der Waals surface area contributed by atoms with E-state index in [1.807, 2.05) is 49.9 Å². The van der Waals surface area contributed by atoms with Gasteiger partial charge in [0.05, 0.1) is 5.92 Å². The molecule has 3 nitrogen and oxygen atoms in total. The second kappa shape index (κ2) is 7.17. The molecule has 1 unspecified atom stereocenters. The number of likely N-dealkylation sites (N-methyl/N-ethyl adjacent to an activating group) is 1. The minimum atomic E-state index is -0.101. The van der Waals surface area contributed by atoms with Gasteiger partial charge in [-0.15, -0.1) is 0 Å². The number of nitrogens with two attached hydrogens (primary N) is 1. The third-order valence-electron chi connectivity index (χ3n) is 3.31. The van der Waals surface area contributed by atoms with Gasteiger partial charge in [0.2, 0.25) is 5.91 Å². The number of hydrogen-bond acceptors (Lipinski definition) is 2. The Balaban J connectivity index is 2.94. The van der Waals surface area contributed by atoms with Crippen molar-refractivity contribution >= 4 is 5.91 Å². The first kappa shape index (κ1) is 14.7. The summed E-state index contributed by atoms with van der Waals surface area (Å²) >= 11 is 0. The summed E-state index contributed by atoms with van der Waals surface area (Å²) in [5.74, 6) is 0.0878. The molecule has 2 N–H and O–H groups in total. The topological polar surface area (TPSA) is 46.3 Å². The van der Waals surface area contributed by atoms with E-state index in [9.17, 15) is 4.79 Å². The van der Waals surface area contributed by atoms with Gasteiger partial charge in [-0.1, -0.05) is 29.8 Å². The summed E-state index contributed by atoms with van der Waals surface area (Å²) in [6.45, 7) is 8.11. The minimum absolute atomic E-state index is 0.101. The molecule has 100 valence electrons. The molecule has 1 amide bonds. The highest BCUT2D eigenvalue weighted by Crippen LogP contribution is 2.22. The molecule has 0 saturated heterocycles. The highest BCUT2D eigenvalue weighted by molar-refractivity contribution is 5.83. The summed E-state index contributed by atoms with van der Waals surface area (Å²) in [6, 6.07) is 8.18. The molecule has 0 spiro atoms. The van der Waals surface area contributed by atoms with Gasteiger partial charge in [-0.3, -0.25) is 4.79 Å². The molecular weight excluding hydrogens is 224 g/mol. The Morgan fingerprint density at radius 1 is 1.22 bits per heavy atom. The molecule has 1 aromatic carbocycles. The van der Waals surface area contributed by atoms with Crippen LogP contribution in [-0.2, 0) is 4.79 Å². The number of rotatable bonds is 6. The third-order valence-corrected chi connectivity index (χ3v) is 3.31. The molecule has 0 saturated carbocycles. The summed E-state index contributed by atoms with van der Waals surface area (Å²) in [4.78, 5) is 14.3. The lowest BCUT2D eigenvalue weighted by atomic mass is 9.93. The lowest BCUT2D eigenvalue weighted by Gasteiger charge is -2.25. The fraction of sp³-hybridized carbons (Fsp3) is 0.533. The molecule has 18 heavy (non-hydrogen) atoms. The molecule has 0 heterocycles. The molecule has 0 aliphatic heterocycles. The van der Waals surface area contributed by atoms with Crippen LogP contribution in [0.15, 0.2) is 24.3 Å². The summed E-state index contributed by atoms with van der Waals surface area (Å²) in [5, 5.41) is 0. The van der Waals surface area contributed by atoms with Crippen LogP contribution >= 0.6 is 0 Å². The van der Waals surface area contributed by atoms with Gasteiger partial charge in [0.25, 0.3) is 0 Å². The zero-order chi connectivity index (χ0) is 13.5. The second-order valence-electron chi connectivity index (χ2n) is 4.55. The minimum Gasteiger partial charge on any atom is -0.343 e. The Kier molecular flexibility index (Phi) is 5.86. The predicted molar refractivity (Wildman–Crippen MR) is 75.5 cm³/mol. The Morgan fingerprint density at radius 3 is 2.22 bits per heavy atom. The Hall–Kier alpha value is -1.35. The Bertz CT molecular complexity index is 369. The highest BCUT2D eigenvalue weighted by Gasteiger charge is 2.23. The largest absolute Gasteiger partial charge is 0.343 e. The number of carbonyl (C=O) groups excluding carboxylic acids is 1. The fourth-order valence-electron chi connectivity index (χ4n) is 2.15. The average molecular weight is 248 g/mol. The van der Waals surface area contributed by atoms with Crippen molar-refractivity contribution in [3.8, 4) is 0 Å². The Labute approximate surface area is 110 Å². The van der Waals surface area contributed by atoms with E-state index in [0.717, 1.165) is 18.7 Å². The van der Waals surface area contributed by atoms with Crippen LogP contribution in [0.25, 0.3) is 0 Å². The molecule has 1 rings (SSSR count). The number of aryl methyl sites for hydroxylation is 1. The van der Waals surface area contributed by atoms with E-state index in [2.05, 4.69) is 0 Å².